The Balaban J connectivity index is 2.13. The average Bonchev–Trinajstić information content (AvgIpc) is 2.49. The molecule has 0 bridgehead atoms. The minimum absolute atomic E-state index is 0.00767. The van der Waals surface area contributed by atoms with E-state index in [-0.39, 0.29) is 22.6 Å². The highest BCUT2D eigenvalue weighted by Gasteiger charge is 2.33. The van der Waals surface area contributed by atoms with Gasteiger partial charge in [0.1, 0.15) is 5.82 Å². The van der Waals surface area contributed by atoms with Gasteiger partial charge in [0.25, 0.3) is 0 Å². The number of benzene rings is 1. The van der Waals surface area contributed by atoms with Gasteiger partial charge in [0.05, 0.1) is 23.1 Å². The van der Waals surface area contributed by atoms with E-state index in [2.05, 4.69) is 20.9 Å². The molecule has 2 amide bonds. The standard InChI is InChI=1S/C16H16ClF3N4O/c1-9(2)22-15(25)24-14-6-4-11(8-21-14)23-13-5-3-10(17)7-12(13)16(18,19)20/h3-9,23H,1-2H3,(H2,21,22,24,25). The first-order valence-corrected chi connectivity index (χ1v) is 7.70. The first kappa shape index (κ1) is 18.9. The molecule has 3 N–H and O–H groups in total. The van der Waals surface area contributed by atoms with Crippen molar-refractivity contribution < 1.29 is 18.0 Å². The Labute approximate surface area is 147 Å². The lowest BCUT2D eigenvalue weighted by Crippen LogP contribution is -2.34. The number of carbonyl (C=O) groups excluding carboxylic acids is 1. The number of hydrogen-bond donors (Lipinski definition) is 3. The summed E-state index contributed by atoms with van der Waals surface area (Å²) < 4.78 is 39.2. The number of rotatable bonds is 4. The van der Waals surface area contributed by atoms with Crippen LogP contribution in [0.3, 0.4) is 0 Å². The first-order valence-electron chi connectivity index (χ1n) is 7.32. The number of hydrogen-bond acceptors (Lipinski definition) is 3. The minimum atomic E-state index is -4.54. The smallest absolute Gasteiger partial charge is 0.354 e. The predicted octanol–water partition coefficient (Wildman–Crippen LogP) is 5.03. The van der Waals surface area contributed by atoms with Gasteiger partial charge in [0.15, 0.2) is 0 Å². The number of pyridine rings is 1. The maximum absolute atomic E-state index is 13.1. The summed E-state index contributed by atoms with van der Waals surface area (Å²) in [5.74, 6) is 0.274. The molecule has 1 heterocycles. The van der Waals surface area contributed by atoms with Crippen molar-refractivity contribution in [1.82, 2.24) is 10.3 Å². The summed E-state index contributed by atoms with van der Waals surface area (Å²) >= 11 is 5.64. The molecule has 0 aliphatic rings. The maximum Gasteiger partial charge on any atom is 0.418 e. The molecule has 25 heavy (non-hydrogen) atoms. The van der Waals surface area contributed by atoms with Crippen LogP contribution in [0.25, 0.3) is 0 Å². The second-order valence-electron chi connectivity index (χ2n) is 5.50. The molecule has 1 aromatic carbocycles. The van der Waals surface area contributed by atoms with Crippen molar-refractivity contribution in [3.8, 4) is 0 Å². The first-order chi connectivity index (χ1) is 11.6. The van der Waals surface area contributed by atoms with Crippen LogP contribution >= 0.6 is 11.6 Å². The van der Waals surface area contributed by atoms with E-state index in [1.54, 1.807) is 0 Å². The average molecular weight is 373 g/mol. The highest BCUT2D eigenvalue weighted by molar-refractivity contribution is 6.30. The van der Waals surface area contributed by atoms with E-state index >= 15 is 0 Å². The zero-order valence-corrected chi connectivity index (χ0v) is 14.2. The molecule has 0 fully saturated rings. The number of anilines is 3. The van der Waals surface area contributed by atoms with Crippen molar-refractivity contribution in [2.75, 3.05) is 10.6 Å². The summed E-state index contributed by atoms with van der Waals surface area (Å²) in [6.07, 6.45) is -3.23. The lowest BCUT2D eigenvalue weighted by molar-refractivity contribution is -0.136. The van der Waals surface area contributed by atoms with Gasteiger partial charge in [-0.15, -0.1) is 0 Å². The number of alkyl halides is 3. The quantitative estimate of drug-likeness (QED) is 0.705. The molecule has 0 unspecified atom stereocenters. The van der Waals surface area contributed by atoms with Crippen LogP contribution in [0.5, 0.6) is 0 Å². The van der Waals surface area contributed by atoms with Gasteiger partial charge in [-0.25, -0.2) is 9.78 Å². The van der Waals surface area contributed by atoms with E-state index in [9.17, 15) is 18.0 Å². The number of halogens is 4. The van der Waals surface area contributed by atoms with Crippen LogP contribution < -0.4 is 16.0 Å². The SMILES string of the molecule is CC(C)NC(=O)Nc1ccc(Nc2ccc(Cl)cc2C(F)(F)F)cn1. The third-order valence-electron chi connectivity index (χ3n) is 2.99. The monoisotopic (exact) mass is 372 g/mol. The third kappa shape index (κ3) is 5.53. The number of nitrogens with zero attached hydrogens (tertiary/aromatic N) is 1. The van der Waals surface area contributed by atoms with Crippen molar-refractivity contribution in [2.24, 2.45) is 0 Å². The van der Waals surface area contributed by atoms with E-state index in [0.29, 0.717) is 5.69 Å². The number of nitrogens with one attached hydrogen (secondary N) is 3. The fourth-order valence-electron chi connectivity index (χ4n) is 1.97. The van der Waals surface area contributed by atoms with E-state index in [4.69, 9.17) is 11.6 Å². The Morgan fingerprint density at radius 1 is 1.20 bits per heavy atom. The molecule has 0 aliphatic carbocycles. The Morgan fingerprint density at radius 2 is 1.92 bits per heavy atom. The van der Waals surface area contributed by atoms with Gasteiger partial charge in [0, 0.05) is 11.1 Å². The van der Waals surface area contributed by atoms with Gasteiger partial charge in [-0.1, -0.05) is 11.6 Å². The Hall–Kier alpha value is -2.48. The highest BCUT2D eigenvalue weighted by Crippen LogP contribution is 2.37. The fourth-order valence-corrected chi connectivity index (χ4v) is 2.14. The zero-order chi connectivity index (χ0) is 18.6. The molecular formula is C16H16ClF3N4O. The second-order valence-corrected chi connectivity index (χ2v) is 5.93. The molecule has 9 heteroatoms. The lowest BCUT2D eigenvalue weighted by Gasteiger charge is -2.15. The van der Waals surface area contributed by atoms with Crippen LogP contribution in [0.2, 0.25) is 5.02 Å². The molecule has 1 aromatic heterocycles. The summed E-state index contributed by atoms with van der Waals surface area (Å²) in [4.78, 5) is 15.6. The van der Waals surface area contributed by atoms with Gasteiger partial charge in [-0.2, -0.15) is 13.2 Å². The molecular weight excluding hydrogens is 357 g/mol. The summed E-state index contributed by atoms with van der Waals surface area (Å²) in [6, 6.07) is 5.99. The molecule has 0 saturated heterocycles. The van der Waals surface area contributed by atoms with Crippen molar-refractivity contribution >= 4 is 34.8 Å². The van der Waals surface area contributed by atoms with Crippen molar-refractivity contribution in [3.63, 3.8) is 0 Å². The molecule has 0 atom stereocenters. The zero-order valence-electron chi connectivity index (χ0n) is 13.4. The number of amides is 2. The minimum Gasteiger partial charge on any atom is -0.354 e. The van der Waals surface area contributed by atoms with Gasteiger partial charge < -0.3 is 10.6 Å². The van der Waals surface area contributed by atoms with Gasteiger partial charge in [0.2, 0.25) is 0 Å². The molecule has 0 radical (unpaired) electrons. The Morgan fingerprint density at radius 3 is 2.48 bits per heavy atom. The number of aromatic nitrogens is 1. The molecule has 0 spiro atoms. The van der Waals surface area contributed by atoms with Crippen LogP contribution in [0.15, 0.2) is 36.5 Å². The van der Waals surface area contributed by atoms with Gasteiger partial charge in [-0.05, 0) is 44.2 Å². The molecule has 2 aromatic rings. The van der Waals surface area contributed by atoms with Crippen LogP contribution in [-0.2, 0) is 6.18 Å². The molecule has 2 rings (SSSR count). The maximum atomic E-state index is 13.1. The molecule has 5 nitrogen and oxygen atoms in total. The van der Waals surface area contributed by atoms with Crippen molar-refractivity contribution in [1.29, 1.82) is 0 Å². The Kier molecular flexibility index (Phi) is 5.73. The van der Waals surface area contributed by atoms with Gasteiger partial charge in [-0.3, -0.25) is 5.32 Å². The largest absolute Gasteiger partial charge is 0.418 e. The normalized spacial score (nSPS) is 11.3. The van der Waals surface area contributed by atoms with Crippen molar-refractivity contribution in [2.45, 2.75) is 26.1 Å². The molecule has 134 valence electrons. The summed E-state index contributed by atoms with van der Waals surface area (Å²) in [7, 11) is 0. The summed E-state index contributed by atoms with van der Waals surface area (Å²) in [5, 5.41) is 7.79. The Bertz CT molecular complexity index is 748. The molecule has 0 aliphatic heterocycles. The number of carbonyl (C=O) groups is 1. The highest BCUT2D eigenvalue weighted by atomic mass is 35.5. The van der Waals surface area contributed by atoms with E-state index in [0.717, 1.165) is 6.07 Å². The summed E-state index contributed by atoms with van der Waals surface area (Å²) in [5.41, 5.74) is -0.682. The fraction of sp³-hybridized carbons (Fsp3) is 0.250. The van der Waals surface area contributed by atoms with Crippen molar-refractivity contribution in [3.05, 3.63) is 47.1 Å². The van der Waals surface area contributed by atoms with E-state index < -0.39 is 17.8 Å². The van der Waals surface area contributed by atoms with Crippen LogP contribution in [0, 0.1) is 0 Å². The topological polar surface area (TPSA) is 66.1 Å². The lowest BCUT2D eigenvalue weighted by atomic mass is 10.1. The third-order valence-corrected chi connectivity index (χ3v) is 3.23. The van der Waals surface area contributed by atoms with Crippen LogP contribution in [0.4, 0.5) is 35.2 Å². The van der Waals surface area contributed by atoms with Crippen LogP contribution in [-0.4, -0.2) is 17.1 Å². The summed E-state index contributed by atoms with van der Waals surface area (Å²) in [6.45, 7) is 3.62. The predicted molar refractivity (Wildman–Crippen MR) is 91.3 cm³/mol. The van der Waals surface area contributed by atoms with E-state index in [1.807, 2.05) is 13.8 Å². The molecule has 0 saturated carbocycles. The second kappa shape index (κ2) is 7.60. The van der Waals surface area contributed by atoms with E-state index in [1.165, 1.54) is 30.5 Å². The van der Waals surface area contributed by atoms with Crippen LogP contribution in [0.1, 0.15) is 19.4 Å². The number of urea groups is 1. The van der Waals surface area contributed by atoms with Gasteiger partial charge >= 0.3 is 12.2 Å².